The highest BCUT2D eigenvalue weighted by molar-refractivity contribution is 5.89. The number of aryl methyl sites for hydroxylation is 1. The number of nitrogens with zero attached hydrogens (tertiary/aromatic N) is 2. The minimum absolute atomic E-state index is 0.0733. The molecule has 5 nitrogen and oxygen atoms in total. The third-order valence-electron chi connectivity index (χ3n) is 4.05. The summed E-state index contributed by atoms with van der Waals surface area (Å²) in [6, 6.07) is 8.21. The van der Waals surface area contributed by atoms with Crippen LogP contribution in [0.25, 0.3) is 11.3 Å². The summed E-state index contributed by atoms with van der Waals surface area (Å²) in [6.07, 6.45) is 3.95. The molecule has 3 N–H and O–H groups in total. The number of imidazole rings is 1. The van der Waals surface area contributed by atoms with Crippen molar-refractivity contribution in [1.82, 2.24) is 9.55 Å². The molecule has 21 heavy (non-hydrogen) atoms. The van der Waals surface area contributed by atoms with Crippen molar-refractivity contribution in [2.24, 2.45) is 5.73 Å². The molecule has 1 aromatic carbocycles. The van der Waals surface area contributed by atoms with Crippen molar-refractivity contribution in [1.29, 1.82) is 0 Å². The molecule has 1 aliphatic heterocycles. The third kappa shape index (κ3) is 2.69. The van der Waals surface area contributed by atoms with Gasteiger partial charge in [-0.05, 0) is 25.5 Å². The second kappa shape index (κ2) is 5.33. The van der Waals surface area contributed by atoms with Gasteiger partial charge in [0, 0.05) is 42.9 Å². The fourth-order valence-electron chi connectivity index (χ4n) is 2.81. The van der Waals surface area contributed by atoms with Crippen LogP contribution >= 0.6 is 0 Å². The first-order valence-electron chi connectivity index (χ1n) is 7.26. The highest BCUT2D eigenvalue weighted by atomic mass is 16.1. The number of hydrogen-bond acceptors (Lipinski definition) is 3. The first kappa shape index (κ1) is 13.8. The van der Waals surface area contributed by atoms with E-state index in [1.807, 2.05) is 24.3 Å². The van der Waals surface area contributed by atoms with Gasteiger partial charge < -0.3 is 15.6 Å². The number of anilines is 1. The second-order valence-electron chi connectivity index (χ2n) is 5.65. The lowest BCUT2D eigenvalue weighted by Crippen LogP contribution is -2.35. The van der Waals surface area contributed by atoms with E-state index in [1.165, 1.54) is 6.92 Å². The molecular weight excluding hydrogens is 264 g/mol. The quantitative estimate of drug-likeness (QED) is 0.889. The topological polar surface area (TPSA) is 72.9 Å². The Balaban J connectivity index is 1.95. The molecular formula is C16H20N4O. The Morgan fingerprint density at radius 2 is 2.29 bits per heavy atom. The van der Waals surface area contributed by atoms with Crippen molar-refractivity contribution in [2.75, 3.05) is 5.32 Å². The van der Waals surface area contributed by atoms with Crippen molar-refractivity contribution < 1.29 is 4.79 Å². The average Bonchev–Trinajstić information content (AvgIpc) is 2.87. The number of fused-ring (bicyclic) bond motifs is 1. The van der Waals surface area contributed by atoms with Crippen LogP contribution in [-0.4, -0.2) is 21.5 Å². The summed E-state index contributed by atoms with van der Waals surface area (Å²) in [6.45, 7) is 3.64. The van der Waals surface area contributed by atoms with Crippen LogP contribution in [0.3, 0.4) is 0 Å². The molecule has 2 atom stereocenters. The van der Waals surface area contributed by atoms with E-state index in [1.54, 1.807) is 0 Å². The minimum atomic E-state index is -0.0733. The van der Waals surface area contributed by atoms with E-state index in [4.69, 9.17) is 10.7 Å². The Kier molecular flexibility index (Phi) is 3.51. The molecule has 0 bridgehead atoms. The lowest BCUT2D eigenvalue weighted by atomic mass is 10.0. The number of carbonyl (C=O) groups is 1. The number of nitrogens with two attached hydrogens (primary N) is 1. The molecule has 0 saturated heterocycles. The maximum atomic E-state index is 11.2. The van der Waals surface area contributed by atoms with Crippen LogP contribution in [0.1, 0.15) is 32.1 Å². The SMILES string of the molecule is CC(=O)Nc1cccc(-c2cn3c(n2)CCC(N)C3C)c1. The molecule has 3 rings (SSSR count). The Bertz CT molecular complexity index is 677. The van der Waals surface area contributed by atoms with Crippen LogP contribution < -0.4 is 11.1 Å². The molecule has 0 fully saturated rings. The Morgan fingerprint density at radius 1 is 1.48 bits per heavy atom. The van der Waals surface area contributed by atoms with Gasteiger partial charge in [0.25, 0.3) is 0 Å². The molecule has 110 valence electrons. The molecule has 2 unspecified atom stereocenters. The van der Waals surface area contributed by atoms with Crippen molar-refractivity contribution in [3.8, 4) is 11.3 Å². The number of carbonyl (C=O) groups excluding carboxylic acids is 1. The van der Waals surface area contributed by atoms with Crippen LogP contribution in [0.5, 0.6) is 0 Å². The fraction of sp³-hybridized carbons (Fsp3) is 0.375. The summed E-state index contributed by atoms with van der Waals surface area (Å²) in [5.41, 5.74) is 8.84. The first-order chi connectivity index (χ1) is 10.0. The van der Waals surface area contributed by atoms with Crippen molar-refractivity contribution in [3.63, 3.8) is 0 Å². The standard InChI is InChI=1S/C16H20N4O/c1-10-14(17)6-7-16-19-15(9-20(10)16)12-4-3-5-13(8-12)18-11(2)21/h3-5,8-10,14H,6-7,17H2,1-2H3,(H,18,21). The largest absolute Gasteiger partial charge is 0.330 e. The second-order valence-corrected chi connectivity index (χ2v) is 5.65. The van der Waals surface area contributed by atoms with Gasteiger partial charge in [-0.15, -0.1) is 0 Å². The van der Waals surface area contributed by atoms with Crippen LogP contribution in [0.15, 0.2) is 30.5 Å². The van der Waals surface area contributed by atoms with Gasteiger partial charge in [0.2, 0.25) is 5.91 Å². The minimum Gasteiger partial charge on any atom is -0.330 e. The van der Waals surface area contributed by atoms with Crippen molar-refractivity contribution in [2.45, 2.75) is 38.8 Å². The smallest absolute Gasteiger partial charge is 0.221 e. The van der Waals surface area contributed by atoms with Gasteiger partial charge >= 0.3 is 0 Å². The van der Waals surface area contributed by atoms with Gasteiger partial charge in [0.1, 0.15) is 5.82 Å². The lowest BCUT2D eigenvalue weighted by molar-refractivity contribution is -0.114. The van der Waals surface area contributed by atoms with Crippen LogP contribution in [0.4, 0.5) is 5.69 Å². The summed E-state index contributed by atoms with van der Waals surface area (Å²) in [4.78, 5) is 15.9. The number of aromatic nitrogens is 2. The highest BCUT2D eigenvalue weighted by Gasteiger charge is 2.24. The lowest BCUT2D eigenvalue weighted by Gasteiger charge is -2.27. The summed E-state index contributed by atoms with van der Waals surface area (Å²) in [7, 11) is 0. The number of benzene rings is 1. The summed E-state index contributed by atoms with van der Waals surface area (Å²) in [5.74, 6) is 1.01. The molecule has 5 heteroatoms. The van der Waals surface area contributed by atoms with Gasteiger partial charge in [-0.1, -0.05) is 12.1 Å². The maximum absolute atomic E-state index is 11.2. The average molecular weight is 284 g/mol. The van der Waals surface area contributed by atoms with Gasteiger partial charge in [0.15, 0.2) is 0 Å². The number of hydrogen-bond donors (Lipinski definition) is 2. The van der Waals surface area contributed by atoms with Gasteiger partial charge in [-0.25, -0.2) is 4.98 Å². The summed E-state index contributed by atoms with van der Waals surface area (Å²) >= 11 is 0. The summed E-state index contributed by atoms with van der Waals surface area (Å²) in [5, 5.41) is 2.80. The molecule has 1 aliphatic rings. The predicted octanol–water partition coefficient (Wildman–Crippen LogP) is 2.34. The highest BCUT2D eigenvalue weighted by Crippen LogP contribution is 2.28. The zero-order valence-corrected chi connectivity index (χ0v) is 12.3. The predicted molar refractivity (Wildman–Crippen MR) is 83.0 cm³/mol. The van der Waals surface area contributed by atoms with Gasteiger partial charge in [-0.2, -0.15) is 0 Å². The van der Waals surface area contributed by atoms with E-state index in [2.05, 4.69) is 23.0 Å². The molecule has 0 saturated carbocycles. The van der Waals surface area contributed by atoms with Gasteiger partial charge in [-0.3, -0.25) is 4.79 Å². The van der Waals surface area contributed by atoms with E-state index in [9.17, 15) is 4.79 Å². The zero-order chi connectivity index (χ0) is 15.0. The number of amides is 1. The van der Waals surface area contributed by atoms with E-state index < -0.39 is 0 Å². The Hall–Kier alpha value is -2.14. The molecule has 2 heterocycles. The Labute approximate surface area is 124 Å². The third-order valence-corrected chi connectivity index (χ3v) is 4.05. The Morgan fingerprint density at radius 3 is 3.05 bits per heavy atom. The zero-order valence-electron chi connectivity index (χ0n) is 12.3. The number of rotatable bonds is 2. The maximum Gasteiger partial charge on any atom is 0.221 e. The van der Waals surface area contributed by atoms with Crippen LogP contribution in [-0.2, 0) is 11.2 Å². The van der Waals surface area contributed by atoms with E-state index in [0.29, 0.717) is 0 Å². The fourth-order valence-corrected chi connectivity index (χ4v) is 2.81. The van der Waals surface area contributed by atoms with E-state index >= 15 is 0 Å². The first-order valence-corrected chi connectivity index (χ1v) is 7.26. The molecule has 0 radical (unpaired) electrons. The number of nitrogens with one attached hydrogen (secondary N) is 1. The summed E-state index contributed by atoms with van der Waals surface area (Å²) < 4.78 is 2.18. The van der Waals surface area contributed by atoms with Gasteiger partial charge in [0.05, 0.1) is 5.69 Å². The van der Waals surface area contributed by atoms with Crippen LogP contribution in [0.2, 0.25) is 0 Å². The van der Waals surface area contributed by atoms with Crippen LogP contribution in [0, 0.1) is 0 Å². The molecule has 1 aromatic heterocycles. The molecule has 0 spiro atoms. The molecule has 0 aliphatic carbocycles. The van der Waals surface area contributed by atoms with Crippen molar-refractivity contribution in [3.05, 3.63) is 36.3 Å². The van der Waals surface area contributed by atoms with E-state index in [-0.39, 0.29) is 18.0 Å². The molecule has 1 amide bonds. The van der Waals surface area contributed by atoms with Crippen molar-refractivity contribution >= 4 is 11.6 Å². The molecule has 2 aromatic rings. The normalized spacial score (nSPS) is 20.9. The monoisotopic (exact) mass is 284 g/mol. The van der Waals surface area contributed by atoms with E-state index in [0.717, 1.165) is 35.6 Å².